The van der Waals surface area contributed by atoms with E-state index in [4.69, 9.17) is 5.10 Å². The summed E-state index contributed by atoms with van der Waals surface area (Å²) in [5, 5.41) is 4.90. The minimum absolute atomic E-state index is 0.792. The third-order valence-electron chi connectivity index (χ3n) is 5.46. The van der Waals surface area contributed by atoms with Crippen LogP contribution in [0.3, 0.4) is 0 Å². The quantitative estimate of drug-likeness (QED) is 0.715. The molecule has 2 aromatic heterocycles. The van der Waals surface area contributed by atoms with Gasteiger partial charge in [-0.05, 0) is 37.7 Å². The zero-order chi connectivity index (χ0) is 17.7. The summed E-state index contributed by atoms with van der Waals surface area (Å²) in [6.45, 7) is 7.02. The normalized spacial score (nSPS) is 17.6. The first kappa shape index (κ1) is 15.5. The summed E-state index contributed by atoms with van der Waals surface area (Å²) in [6.07, 6.45) is 1.92. The highest BCUT2D eigenvalue weighted by Gasteiger charge is 2.18. The summed E-state index contributed by atoms with van der Waals surface area (Å²) in [4.78, 5) is 13.8. The number of imidazole rings is 1. The van der Waals surface area contributed by atoms with Crippen molar-refractivity contribution in [2.24, 2.45) is 4.99 Å². The van der Waals surface area contributed by atoms with Gasteiger partial charge in [0.25, 0.3) is 0 Å². The van der Waals surface area contributed by atoms with Crippen molar-refractivity contribution in [1.29, 1.82) is 0 Å². The van der Waals surface area contributed by atoms with Crippen LogP contribution in [0.4, 0.5) is 5.82 Å². The Morgan fingerprint density at radius 3 is 2.69 bits per heavy atom. The molecule has 0 spiro atoms. The standard InChI is InChI=1S/C20H22N6/c1-14-17-11-15(3-4-16(17)12-21-14)18-13-22-19-5-6-20(23-26(18)19)25-9-7-24(2)8-10-25/h3-6,11,13H,7-10,12H2,1-2H3. The summed E-state index contributed by atoms with van der Waals surface area (Å²) >= 11 is 0. The van der Waals surface area contributed by atoms with E-state index in [2.05, 4.69) is 64.1 Å². The molecule has 0 atom stereocenters. The van der Waals surface area contributed by atoms with Crippen LogP contribution in [0.5, 0.6) is 0 Å². The monoisotopic (exact) mass is 346 g/mol. The van der Waals surface area contributed by atoms with Crippen LogP contribution in [0.1, 0.15) is 18.1 Å². The number of anilines is 1. The van der Waals surface area contributed by atoms with Crippen LogP contribution in [0, 0.1) is 0 Å². The third kappa shape index (κ3) is 2.49. The Balaban J connectivity index is 1.56. The van der Waals surface area contributed by atoms with Gasteiger partial charge >= 0.3 is 0 Å². The molecule has 0 unspecified atom stereocenters. The van der Waals surface area contributed by atoms with Crippen molar-refractivity contribution in [3.63, 3.8) is 0 Å². The fraction of sp³-hybridized carbons (Fsp3) is 0.350. The van der Waals surface area contributed by atoms with Crippen molar-refractivity contribution >= 4 is 17.2 Å². The molecule has 0 aliphatic carbocycles. The molecule has 3 aromatic rings. The van der Waals surface area contributed by atoms with E-state index in [9.17, 15) is 0 Å². The van der Waals surface area contributed by atoms with Crippen LogP contribution in [0.25, 0.3) is 16.9 Å². The Kier molecular flexibility index (Phi) is 3.53. The second-order valence-corrected chi connectivity index (χ2v) is 7.17. The predicted octanol–water partition coefficient (Wildman–Crippen LogP) is 2.47. The Labute approximate surface area is 152 Å². The average Bonchev–Trinajstić information content (AvgIpc) is 3.25. The highest BCUT2D eigenvalue weighted by molar-refractivity contribution is 6.02. The van der Waals surface area contributed by atoms with E-state index in [1.54, 1.807) is 0 Å². The van der Waals surface area contributed by atoms with Crippen molar-refractivity contribution in [3.05, 3.63) is 47.7 Å². The van der Waals surface area contributed by atoms with E-state index in [1.807, 2.05) is 10.7 Å². The molecular formula is C20H22N6. The molecule has 132 valence electrons. The van der Waals surface area contributed by atoms with Gasteiger partial charge in [0.05, 0.1) is 18.4 Å². The van der Waals surface area contributed by atoms with Gasteiger partial charge in [0.1, 0.15) is 5.82 Å². The van der Waals surface area contributed by atoms with E-state index in [0.717, 1.165) is 61.2 Å². The molecule has 5 rings (SSSR count). The lowest BCUT2D eigenvalue weighted by Gasteiger charge is -2.33. The summed E-state index contributed by atoms with van der Waals surface area (Å²) in [7, 11) is 2.17. The fourth-order valence-corrected chi connectivity index (χ4v) is 3.76. The van der Waals surface area contributed by atoms with Gasteiger partial charge in [0, 0.05) is 43.0 Å². The number of hydrogen-bond acceptors (Lipinski definition) is 5. The summed E-state index contributed by atoms with van der Waals surface area (Å²) < 4.78 is 1.97. The zero-order valence-corrected chi connectivity index (χ0v) is 15.2. The molecule has 6 heteroatoms. The van der Waals surface area contributed by atoms with Crippen LogP contribution in [0.15, 0.2) is 41.5 Å². The van der Waals surface area contributed by atoms with Crippen molar-refractivity contribution < 1.29 is 0 Å². The van der Waals surface area contributed by atoms with Gasteiger partial charge in [0.15, 0.2) is 5.65 Å². The largest absolute Gasteiger partial charge is 0.353 e. The van der Waals surface area contributed by atoms with Gasteiger partial charge in [-0.2, -0.15) is 0 Å². The molecule has 1 aromatic carbocycles. The van der Waals surface area contributed by atoms with Gasteiger partial charge in [0.2, 0.25) is 0 Å². The second-order valence-electron chi connectivity index (χ2n) is 7.17. The Hall–Kier alpha value is -2.73. The van der Waals surface area contributed by atoms with Gasteiger partial charge in [-0.1, -0.05) is 12.1 Å². The molecular weight excluding hydrogens is 324 g/mol. The number of likely N-dealkylation sites (N-methyl/N-ethyl adjacent to an activating group) is 1. The highest BCUT2D eigenvalue weighted by Crippen LogP contribution is 2.27. The molecule has 0 radical (unpaired) electrons. The maximum Gasteiger partial charge on any atom is 0.154 e. The Morgan fingerprint density at radius 2 is 1.85 bits per heavy atom. The van der Waals surface area contributed by atoms with E-state index in [-0.39, 0.29) is 0 Å². The molecule has 0 N–H and O–H groups in total. The number of rotatable bonds is 2. The lowest BCUT2D eigenvalue weighted by atomic mass is 10.0. The van der Waals surface area contributed by atoms with Crippen molar-refractivity contribution in [3.8, 4) is 11.3 Å². The van der Waals surface area contributed by atoms with Gasteiger partial charge in [-0.25, -0.2) is 9.50 Å². The molecule has 4 heterocycles. The first-order valence-corrected chi connectivity index (χ1v) is 9.12. The maximum atomic E-state index is 4.90. The topological polar surface area (TPSA) is 49.0 Å². The number of piperazine rings is 1. The molecule has 26 heavy (non-hydrogen) atoms. The molecule has 2 aliphatic heterocycles. The maximum absolute atomic E-state index is 4.90. The highest BCUT2D eigenvalue weighted by atomic mass is 15.4. The third-order valence-corrected chi connectivity index (χ3v) is 5.46. The Bertz CT molecular complexity index is 1010. The van der Waals surface area contributed by atoms with Crippen LogP contribution < -0.4 is 4.90 Å². The molecule has 1 saturated heterocycles. The predicted molar refractivity (Wildman–Crippen MR) is 104 cm³/mol. The van der Waals surface area contributed by atoms with Crippen molar-refractivity contribution in [2.75, 3.05) is 38.1 Å². The SMILES string of the molecule is CC1=NCc2ccc(-c3cnc4ccc(N5CCN(C)CC5)nn34)cc21. The van der Waals surface area contributed by atoms with Gasteiger partial charge in [-0.15, -0.1) is 5.10 Å². The lowest BCUT2D eigenvalue weighted by molar-refractivity contribution is 0.311. The molecule has 2 aliphatic rings. The number of aliphatic imine (C=N–C) groups is 1. The zero-order valence-electron chi connectivity index (χ0n) is 15.2. The smallest absolute Gasteiger partial charge is 0.154 e. The van der Waals surface area contributed by atoms with E-state index >= 15 is 0 Å². The number of aromatic nitrogens is 3. The molecule has 0 saturated carbocycles. The van der Waals surface area contributed by atoms with E-state index in [1.165, 1.54) is 11.1 Å². The van der Waals surface area contributed by atoms with Crippen LogP contribution >= 0.6 is 0 Å². The lowest BCUT2D eigenvalue weighted by Crippen LogP contribution is -2.44. The second kappa shape index (κ2) is 5.92. The van der Waals surface area contributed by atoms with E-state index < -0.39 is 0 Å². The molecule has 1 fully saturated rings. The van der Waals surface area contributed by atoms with Crippen molar-refractivity contribution in [2.45, 2.75) is 13.5 Å². The Morgan fingerprint density at radius 1 is 1.00 bits per heavy atom. The fourth-order valence-electron chi connectivity index (χ4n) is 3.76. The number of nitrogens with zero attached hydrogens (tertiary/aromatic N) is 6. The summed E-state index contributed by atoms with van der Waals surface area (Å²) in [5.41, 5.74) is 6.69. The van der Waals surface area contributed by atoms with Gasteiger partial charge in [-0.3, -0.25) is 4.99 Å². The first-order valence-electron chi connectivity index (χ1n) is 9.12. The average molecular weight is 346 g/mol. The number of benzene rings is 1. The van der Waals surface area contributed by atoms with Crippen molar-refractivity contribution in [1.82, 2.24) is 19.5 Å². The van der Waals surface area contributed by atoms with Crippen LogP contribution in [0.2, 0.25) is 0 Å². The minimum atomic E-state index is 0.792. The molecule has 0 bridgehead atoms. The first-order chi connectivity index (χ1) is 12.7. The van der Waals surface area contributed by atoms with Crippen LogP contribution in [-0.4, -0.2) is 58.4 Å². The van der Waals surface area contributed by atoms with Gasteiger partial charge < -0.3 is 9.80 Å². The molecule has 6 nitrogen and oxygen atoms in total. The van der Waals surface area contributed by atoms with E-state index in [0.29, 0.717) is 0 Å². The van der Waals surface area contributed by atoms with Crippen LogP contribution in [-0.2, 0) is 6.54 Å². The number of hydrogen-bond donors (Lipinski definition) is 0. The summed E-state index contributed by atoms with van der Waals surface area (Å²) in [6, 6.07) is 10.7. The minimum Gasteiger partial charge on any atom is -0.353 e. The molecule has 0 amide bonds. The summed E-state index contributed by atoms with van der Waals surface area (Å²) in [5.74, 6) is 1.02. The number of fused-ring (bicyclic) bond motifs is 2.